The van der Waals surface area contributed by atoms with Gasteiger partial charge in [0.05, 0.1) is 5.56 Å². The summed E-state index contributed by atoms with van der Waals surface area (Å²) in [6.45, 7) is 9.99. The van der Waals surface area contributed by atoms with Crippen LogP contribution in [0.2, 0.25) is 0 Å². The van der Waals surface area contributed by atoms with Gasteiger partial charge in [0.15, 0.2) is 5.82 Å². The molecule has 0 radical (unpaired) electrons. The SMILES string of the molecule is CCN1CCN(c2ccc(CNc3ncccc3-c3nc(C)no3)cn2)CC1. The molecule has 1 aliphatic rings. The number of nitrogens with one attached hydrogen (secondary N) is 1. The maximum atomic E-state index is 5.28. The second-order valence-corrected chi connectivity index (χ2v) is 6.85. The lowest BCUT2D eigenvalue weighted by atomic mass is 10.2. The van der Waals surface area contributed by atoms with E-state index in [1.165, 1.54) is 0 Å². The summed E-state index contributed by atoms with van der Waals surface area (Å²) >= 11 is 0. The summed E-state index contributed by atoms with van der Waals surface area (Å²) in [6.07, 6.45) is 3.67. The molecule has 0 unspecified atom stereocenters. The third kappa shape index (κ3) is 4.12. The van der Waals surface area contributed by atoms with Gasteiger partial charge >= 0.3 is 0 Å². The molecule has 0 aromatic carbocycles. The number of hydrogen-bond acceptors (Lipinski definition) is 8. The molecular weight excluding hydrogens is 354 g/mol. The summed E-state index contributed by atoms with van der Waals surface area (Å²) in [5, 5.41) is 7.21. The fourth-order valence-corrected chi connectivity index (χ4v) is 3.31. The normalized spacial score (nSPS) is 15.0. The molecule has 0 amide bonds. The van der Waals surface area contributed by atoms with E-state index in [9.17, 15) is 0 Å². The van der Waals surface area contributed by atoms with Crippen molar-refractivity contribution in [3.8, 4) is 11.5 Å². The highest BCUT2D eigenvalue weighted by atomic mass is 16.5. The Hall–Kier alpha value is -3.00. The van der Waals surface area contributed by atoms with Crippen LogP contribution in [0.25, 0.3) is 11.5 Å². The molecule has 1 aliphatic heterocycles. The molecular formula is C20H25N7O. The predicted octanol–water partition coefficient (Wildman–Crippen LogP) is 2.59. The van der Waals surface area contributed by atoms with Gasteiger partial charge in [-0.3, -0.25) is 0 Å². The van der Waals surface area contributed by atoms with Crippen LogP contribution in [0.3, 0.4) is 0 Å². The lowest BCUT2D eigenvalue weighted by Crippen LogP contribution is -2.46. The lowest BCUT2D eigenvalue weighted by Gasteiger charge is -2.34. The minimum atomic E-state index is 0.466. The van der Waals surface area contributed by atoms with Crippen LogP contribution in [0.15, 0.2) is 41.2 Å². The summed E-state index contributed by atoms with van der Waals surface area (Å²) in [5.74, 6) is 2.82. The molecule has 8 nitrogen and oxygen atoms in total. The molecule has 8 heteroatoms. The second-order valence-electron chi connectivity index (χ2n) is 6.85. The summed E-state index contributed by atoms with van der Waals surface area (Å²) in [7, 11) is 0. The number of rotatable bonds is 6. The minimum Gasteiger partial charge on any atom is -0.365 e. The van der Waals surface area contributed by atoms with Crippen molar-refractivity contribution in [2.45, 2.75) is 20.4 Å². The third-order valence-corrected chi connectivity index (χ3v) is 4.98. The number of hydrogen-bond donors (Lipinski definition) is 1. The zero-order valence-electron chi connectivity index (χ0n) is 16.3. The summed E-state index contributed by atoms with van der Waals surface area (Å²) < 4.78 is 5.28. The number of aryl methyl sites for hydroxylation is 1. The van der Waals surface area contributed by atoms with Crippen LogP contribution in [0.5, 0.6) is 0 Å². The van der Waals surface area contributed by atoms with Gasteiger partial charge in [-0.25, -0.2) is 9.97 Å². The summed E-state index contributed by atoms with van der Waals surface area (Å²) in [4.78, 5) is 18.2. The molecule has 0 aliphatic carbocycles. The first-order valence-electron chi connectivity index (χ1n) is 9.64. The minimum absolute atomic E-state index is 0.466. The zero-order chi connectivity index (χ0) is 19.3. The van der Waals surface area contributed by atoms with Crippen molar-refractivity contribution in [2.24, 2.45) is 0 Å². The average Bonchev–Trinajstić information content (AvgIpc) is 3.19. The van der Waals surface area contributed by atoms with Crippen LogP contribution in [-0.2, 0) is 6.54 Å². The molecule has 0 saturated carbocycles. The van der Waals surface area contributed by atoms with E-state index in [-0.39, 0.29) is 0 Å². The van der Waals surface area contributed by atoms with Gasteiger partial charge in [0.1, 0.15) is 11.6 Å². The summed E-state index contributed by atoms with van der Waals surface area (Å²) in [6, 6.07) is 7.98. The lowest BCUT2D eigenvalue weighted by molar-refractivity contribution is 0.270. The van der Waals surface area contributed by atoms with Gasteiger partial charge in [0.25, 0.3) is 5.89 Å². The number of anilines is 2. The molecule has 3 aromatic heterocycles. The van der Waals surface area contributed by atoms with Gasteiger partial charge in [-0.2, -0.15) is 4.98 Å². The van der Waals surface area contributed by atoms with Crippen LogP contribution in [0, 0.1) is 6.92 Å². The van der Waals surface area contributed by atoms with Gasteiger partial charge < -0.3 is 19.6 Å². The Morgan fingerprint density at radius 3 is 2.64 bits per heavy atom. The van der Waals surface area contributed by atoms with Crippen molar-refractivity contribution in [1.82, 2.24) is 25.0 Å². The van der Waals surface area contributed by atoms with Crippen molar-refractivity contribution in [2.75, 3.05) is 42.9 Å². The molecule has 1 N–H and O–H groups in total. The fourth-order valence-electron chi connectivity index (χ4n) is 3.31. The van der Waals surface area contributed by atoms with Crippen molar-refractivity contribution in [3.05, 3.63) is 48.0 Å². The fraction of sp³-hybridized carbons (Fsp3) is 0.400. The number of likely N-dealkylation sites (N-methyl/N-ethyl adjacent to an activating group) is 1. The molecule has 3 aromatic rings. The van der Waals surface area contributed by atoms with Crippen molar-refractivity contribution in [1.29, 1.82) is 0 Å². The topological polar surface area (TPSA) is 83.2 Å². The molecule has 146 valence electrons. The molecule has 4 heterocycles. The standard InChI is InChI=1S/C20H25N7O/c1-3-26-9-11-27(12-10-26)18-7-6-16(13-22-18)14-23-19-17(5-4-8-21-19)20-24-15(2)25-28-20/h4-8,13H,3,9-12,14H2,1-2H3,(H,21,23). The average molecular weight is 379 g/mol. The van der Waals surface area contributed by atoms with E-state index in [0.29, 0.717) is 24.1 Å². The highest BCUT2D eigenvalue weighted by Gasteiger charge is 2.17. The van der Waals surface area contributed by atoms with Gasteiger partial charge in [0.2, 0.25) is 0 Å². The molecule has 0 atom stereocenters. The van der Waals surface area contributed by atoms with E-state index in [1.807, 2.05) is 18.3 Å². The van der Waals surface area contributed by atoms with Crippen molar-refractivity contribution < 1.29 is 4.52 Å². The first kappa shape index (κ1) is 18.4. The molecule has 0 spiro atoms. The predicted molar refractivity (Wildman–Crippen MR) is 108 cm³/mol. The quantitative estimate of drug-likeness (QED) is 0.700. The van der Waals surface area contributed by atoms with Gasteiger partial charge in [-0.15, -0.1) is 0 Å². The van der Waals surface area contributed by atoms with Crippen LogP contribution < -0.4 is 10.2 Å². The van der Waals surface area contributed by atoms with E-state index >= 15 is 0 Å². The number of pyridine rings is 2. The first-order valence-corrected chi connectivity index (χ1v) is 9.64. The smallest absolute Gasteiger partial charge is 0.261 e. The molecule has 4 rings (SSSR count). The largest absolute Gasteiger partial charge is 0.365 e. The molecule has 28 heavy (non-hydrogen) atoms. The van der Waals surface area contributed by atoms with E-state index in [4.69, 9.17) is 4.52 Å². The maximum absolute atomic E-state index is 5.28. The van der Waals surface area contributed by atoms with E-state index in [2.05, 4.69) is 54.3 Å². The summed E-state index contributed by atoms with van der Waals surface area (Å²) in [5.41, 5.74) is 1.88. The Kier molecular flexibility index (Phi) is 5.48. The Bertz CT molecular complexity index is 901. The molecule has 0 bridgehead atoms. The highest BCUT2D eigenvalue weighted by molar-refractivity contribution is 5.68. The monoisotopic (exact) mass is 379 g/mol. The number of piperazine rings is 1. The van der Waals surface area contributed by atoms with Crippen LogP contribution >= 0.6 is 0 Å². The van der Waals surface area contributed by atoms with Crippen LogP contribution in [0.4, 0.5) is 11.6 Å². The Balaban J connectivity index is 1.40. The zero-order valence-corrected chi connectivity index (χ0v) is 16.3. The Labute approximate surface area is 164 Å². The van der Waals surface area contributed by atoms with Crippen molar-refractivity contribution in [3.63, 3.8) is 0 Å². The van der Waals surface area contributed by atoms with E-state index < -0.39 is 0 Å². The second kappa shape index (κ2) is 8.35. The van der Waals surface area contributed by atoms with E-state index in [0.717, 1.165) is 49.7 Å². The maximum Gasteiger partial charge on any atom is 0.261 e. The van der Waals surface area contributed by atoms with Crippen molar-refractivity contribution >= 4 is 11.6 Å². The molecule has 1 saturated heterocycles. The Morgan fingerprint density at radius 2 is 1.96 bits per heavy atom. The van der Waals surface area contributed by atoms with Crippen LogP contribution in [0.1, 0.15) is 18.3 Å². The number of aromatic nitrogens is 4. The van der Waals surface area contributed by atoms with Gasteiger partial charge in [0, 0.05) is 45.1 Å². The first-order chi connectivity index (χ1) is 13.7. The molecule has 1 fully saturated rings. The highest BCUT2D eigenvalue weighted by Crippen LogP contribution is 2.24. The van der Waals surface area contributed by atoms with Gasteiger partial charge in [-0.05, 0) is 37.2 Å². The third-order valence-electron chi connectivity index (χ3n) is 4.98. The van der Waals surface area contributed by atoms with Gasteiger partial charge in [-0.1, -0.05) is 18.1 Å². The Morgan fingerprint density at radius 1 is 1.11 bits per heavy atom. The number of nitrogens with zero attached hydrogens (tertiary/aromatic N) is 6. The van der Waals surface area contributed by atoms with E-state index in [1.54, 1.807) is 13.1 Å². The van der Waals surface area contributed by atoms with Crippen LogP contribution in [-0.4, -0.2) is 57.7 Å².